The highest BCUT2D eigenvalue weighted by Crippen LogP contribution is 2.11. The third kappa shape index (κ3) is 3.31. The molecule has 0 aromatic rings. The Bertz CT molecular complexity index is 570. The second kappa shape index (κ2) is 5.67. The first-order chi connectivity index (χ1) is 10.2. The predicted octanol–water partition coefficient (Wildman–Crippen LogP) is -5.91. The quantitative estimate of drug-likeness (QED) is 0.391. The highest BCUT2D eigenvalue weighted by molar-refractivity contribution is 7.92. The number of quaternary nitrogens is 2. The zero-order valence-corrected chi connectivity index (χ0v) is 13.9. The van der Waals surface area contributed by atoms with Gasteiger partial charge in [0.1, 0.15) is 62.0 Å². The van der Waals surface area contributed by atoms with Crippen LogP contribution in [0, 0.1) is 0 Å². The fourth-order valence-electron chi connectivity index (χ4n) is 4.07. The predicted molar refractivity (Wildman–Crippen MR) is 78.3 cm³/mol. The molecule has 3 rings (SSSR count). The third-order valence-electron chi connectivity index (χ3n) is 5.23. The van der Waals surface area contributed by atoms with E-state index in [1.54, 1.807) is 0 Å². The van der Waals surface area contributed by atoms with Gasteiger partial charge in [-0.25, -0.2) is 16.8 Å². The summed E-state index contributed by atoms with van der Waals surface area (Å²) in [5.41, 5.74) is 0. The summed E-state index contributed by atoms with van der Waals surface area (Å²) in [5.74, 6) is -0.257. The van der Waals surface area contributed by atoms with Crippen LogP contribution >= 0.6 is 0 Å². The van der Waals surface area contributed by atoms with Crippen LogP contribution in [-0.4, -0.2) is 101 Å². The number of nitrogens with one attached hydrogen (secondary N) is 2. The van der Waals surface area contributed by atoms with Gasteiger partial charge in [0.2, 0.25) is 0 Å². The second-order valence-electron chi connectivity index (χ2n) is 6.82. The average Bonchev–Trinajstić information content (AvgIpc) is 2.84. The normalized spacial score (nSPS) is 47.5. The first-order valence-electron chi connectivity index (χ1n) is 7.63. The summed E-state index contributed by atoms with van der Waals surface area (Å²) in [4.78, 5) is 2.15. The lowest BCUT2D eigenvalue weighted by Gasteiger charge is -2.36. The molecule has 3 aliphatic rings. The Morgan fingerprint density at radius 3 is 1.18 bits per heavy atom. The van der Waals surface area contributed by atoms with Crippen molar-refractivity contribution in [2.45, 2.75) is 24.3 Å². The van der Waals surface area contributed by atoms with Crippen molar-refractivity contribution >= 4 is 19.7 Å². The molecule has 8 nitrogen and oxygen atoms in total. The lowest BCUT2D eigenvalue weighted by Crippen LogP contribution is -3.32. The van der Waals surface area contributed by atoms with E-state index in [4.69, 9.17) is 0 Å². The van der Waals surface area contributed by atoms with E-state index in [0.29, 0.717) is 26.2 Å². The topological polar surface area (TPSA) is 118 Å². The Hall–Kier alpha value is -0.260. The van der Waals surface area contributed by atoms with Crippen LogP contribution in [0.1, 0.15) is 0 Å². The van der Waals surface area contributed by atoms with Crippen molar-refractivity contribution in [1.82, 2.24) is 0 Å². The molecule has 0 unspecified atom stereocenters. The number of hydrogen-bond acceptors (Lipinski definition) is 6. The summed E-state index contributed by atoms with van der Waals surface area (Å²) in [6.07, 6.45) is -1.61. The van der Waals surface area contributed by atoms with Crippen LogP contribution in [0.4, 0.5) is 0 Å². The molecule has 0 aromatic heterocycles. The molecule has 128 valence electrons. The first kappa shape index (κ1) is 16.6. The highest BCUT2D eigenvalue weighted by atomic mass is 32.2. The Morgan fingerprint density at radius 1 is 0.636 bits per heavy atom. The zero-order valence-electron chi connectivity index (χ0n) is 12.3. The largest absolute Gasteiger partial charge is 0.386 e. The van der Waals surface area contributed by atoms with Gasteiger partial charge in [0.25, 0.3) is 0 Å². The van der Waals surface area contributed by atoms with Crippen molar-refractivity contribution in [2.75, 3.05) is 49.2 Å². The first-order valence-corrected chi connectivity index (χ1v) is 11.3. The van der Waals surface area contributed by atoms with Crippen molar-refractivity contribution in [3.05, 3.63) is 0 Å². The molecule has 4 atom stereocenters. The summed E-state index contributed by atoms with van der Waals surface area (Å²) in [6.45, 7) is 2.76. The Labute approximate surface area is 130 Å². The van der Waals surface area contributed by atoms with Gasteiger partial charge in [-0.2, -0.15) is 0 Å². The molecule has 0 radical (unpaired) electrons. The van der Waals surface area contributed by atoms with Gasteiger partial charge in [-0.05, 0) is 0 Å². The molecule has 0 aromatic carbocycles. The molecule has 0 aliphatic carbocycles. The Morgan fingerprint density at radius 2 is 0.955 bits per heavy atom. The van der Waals surface area contributed by atoms with Crippen LogP contribution in [0.25, 0.3) is 0 Å². The molecule has 0 spiro atoms. The van der Waals surface area contributed by atoms with Crippen LogP contribution < -0.4 is 9.80 Å². The fourth-order valence-corrected chi connectivity index (χ4v) is 7.86. The molecule has 0 saturated carbocycles. The summed E-state index contributed by atoms with van der Waals surface area (Å²) < 4.78 is 46.4. The van der Waals surface area contributed by atoms with E-state index < -0.39 is 31.9 Å². The van der Waals surface area contributed by atoms with E-state index in [0.717, 1.165) is 9.80 Å². The fraction of sp³-hybridized carbons (Fsp3) is 1.00. The molecular formula is C12H24N2O6S2+2. The van der Waals surface area contributed by atoms with Crippen LogP contribution in [-0.2, 0) is 19.7 Å². The minimum absolute atomic E-state index is 0.0270. The summed E-state index contributed by atoms with van der Waals surface area (Å²) in [7, 11) is -6.29. The molecule has 10 heteroatoms. The van der Waals surface area contributed by atoms with Crippen LogP contribution in [0.5, 0.6) is 0 Å². The average molecular weight is 356 g/mol. The minimum Gasteiger partial charge on any atom is -0.386 e. The highest BCUT2D eigenvalue weighted by Gasteiger charge is 2.48. The van der Waals surface area contributed by atoms with Crippen LogP contribution in [0.2, 0.25) is 0 Å². The van der Waals surface area contributed by atoms with Gasteiger partial charge < -0.3 is 20.0 Å². The maximum absolute atomic E-state index is 11.6. The SMILES string of the molecule is O=S1(=O)C[C@@H]([NH+]2CC[NH+]([C@@H]3CS(=O)(=O)C[C@@H]3O)CC2)[C@@H](O)C1. The van der Waals surface area contributed by atoms with E-state index in [9.17, 15) is 27.0 Å². The lowest BCUT2D eigenvalue weighted by molar-refractivity contribution is -1.03. The van der Waals surface area contributed by atoms with Crippen LogP contribution in [0.15, 0.2) is 0 Å². The van der Waals surface area contributed by atoms with Crippen molar-refractivity contribution in [3.8, 4) is 0 Å². The van der Waals surface area contributed by atoms with Crippen molar-refractivity contribution in [2.24, 2.45) is 0 Å². The van der Waals surface area contributed by atoms with Crippen LogP contribution in [0.3, 0.4) is 0 Å². The van der Waals surface area contributed by atoms with Gasteiger partial charge in [0, 0.05) is 0 Å². The van der Waals surface area contributed by atoms with Crippen molar-refractivity contribution in [3.63, 3.8) is 0 Å². The van der Waals surface area contributed by atoms with E-state index in [2.05, 4.69) is 0 Å². The van der Waals surface area contributed by atoms with Gasteiger partial charge >= 0.3 is 0 Å². The molecule has 4 N–H and O–H groups in total. The third-order valence-corrected chi connectivity index (χ3v) is 8.66. The smallest absolute Gasteiger partial charge is 0.159 e. The molecule has 0 bridgehead atoms. The Balaban J connectivity index is 1.59. The number of aliphatic hydroxyl groups excluding tert-OH is 2. The van der Waals surface area contributed by atoms with Crippen molar-refractivity contribution in [1.29, 1.82) is 0 Å². The van der Waals surface area contributed by atoms with E-state index in [1.807, 2.05) is 0 Å². The standard InChI is InChI=1S/C12H22N2O6S2/c15-11-7-21(17,18)5-9(11)13-1-2-14(4-3-13)10-6-22(19,20)8-12(10)16/h9-12,15-16H,1-8H2/p+2/t9-,10-,11+,12+/m1/s1. The molecule has 3 aliphatic heterocycles. The van der Waals surface area contributed by atoms with Gasteiger partial charge in [0.15, 0.2) is 19.7 Å². The van der Waals surface area contributed by atoms with Gasteiger partial charge in [-0.3, -0.25) is 0 Å². The molecule has 3 heterocycles. The van der Waals surface area contributed by atoms with Crippen molar-refractivity contribution < 1.29 is 36.8 Å². The summed E-state index contributed by atoms with van der Waals surface area (Å²) >= 11 is 0. The zero-order chi connectivity index (χ0) is 16.1. The minimum atomic E-state index is -3.14. The van der Waals surface area contributed by atoms with E-state index in [1.165, 1.54) is 0 Å². The van der Waals surface area contributed by atoms with E-state index in [-0.39, 0.29) is 35.1 Å². The molecule has 22 heavy (non-hydrogen) atoms. The number of sulfone groups is 2. The van der Waals surface area contributed by atoms with Gasteiger partial charge in [-0.15, -0.1) is 0 Å². The molecule has 3 saturated heterocycles. The van der Waals surface area contributed by atoms with Gasteiger partial charge in [-0.1, -0.05) is 0 Å². The van der Waals surface area contributed by atoms with E-state index >= 15 is 0 Å². The maximum atomic E-state index is 11.6. The maximum Gasteiger partial charge on any atom is 0.159 e. The molecular weight excluding hydrogens is 332 g/mol. The molecule has 0 amide bonds. The lowest BCUT2D eigenvalue weighted by atomic mass is 10.1. The summed E-state index contributed by atoms with van der Waals surface area (Å²) in [5, 5.41) is 19.9. The number of piperazine rings is 1. The number of aliphatic hydroxyl groups is 2. The molecule has 3 fully saturated rings. The number of rotatable bonds is 2. The Kier molecular flexibility index (Phi) is 4.28. The summed E-state index contributed by atoms with van der Waals surface area (Å²) in [6, 6.07) is -0.549. The second-order valence-corrected chi connectivity index (χ2v) is 11.1. The number of hydrogen-bond donors (Lipinski definition) is 4. The van der Waals surface area contributed by atoms with Gasteiger partial charge in [0.05, 0.1) is 11.5 Å². The monoisotopic (exact) mass is 356 g/mol.